The molecule has 2 aliphatic rings. The van der Waals surface area contributed by atoms with E-state index in [4.69, 9.17) is 5.84 Å². The van der Waals surface area contributed by atoms with Gasteiger partial charge in [0.25, 0.3) is 0 Å². The fourth-order valence-electron chi connectivity index (χ4n) is 3.52. The number of allylic oxidation sites excluding steroid dienone is 6. The summed E-state index contributed by atoms with van der Waals surface area (Å²) < 4.78 is 0. The molecule has 0 saturated carbocycles. The van der Waals surface area contributed by atoms with Crippen molar-refractivity contribution in [1.82, 2.24) is 10.0 Å². The van der Waals surface area contributed by atoms with E-state index in [2.05, 4.69) is 24.3 Å². The van der Waals surface area contributed by atoms with Gasteiger partial charge in [0.1, 0.15) is 0 Å². The Morgan fingerprint density at radius 2 is 2.24 bits per heavy atom. The molecular weight excluding hydrogens is 364 g/mol. The molecule has 0 spiro atoms. The molecule has 3 unspecified atom stereocenters. The van der Waals surface area contributed by atoms with Crippen molar-refractivity contribution in [3.8, 4) is 0 Å². The summed E-state index contributed by atoms with van der Waals surface area (Å²) in [6.07, 6.45) is 14.1. The molecule has 3 atom stereocenters. The smallest absolute Gasteiger partial charge is 0.209 e. The standard InChI is InChI=1S/C23H34N4O2/c1-6-8-12-18(7-2)27-23(29)21(17(5)25-27)15-20(16(3)4)22(28)26(24)19-13-10-9-11-14-19/h6,8,10,12-13,15,18-19,23,28-29H,1,3,7,9,11,14,24H2,2,4-5H3/b12-8-,21-15-,22-20+. The number of aliphatic hydroxyl groups is 2. The Labute approximate surface area is 174 Å². The predicted molar refractivity (Wildman–Crippen MR) is 120 cm³/mol. The van der Waals surface area contributed by atoms with Gasteiger partial charge in [-0.05, 0) is 51.2 Å². The van der Waals surface area contributed by atoms with Crippen molar-refractivity contribution < 1.29 is 10.2 Å². The molecule has 0 aromatic rings. The van der Waals surface area contributed by atoms with E-state index in [0.29, 0.717) is 22.4 Å². The third-order valence-electron chi connectivity index (χ3n) is 5.27. The van der Waals surface area contributed by atoms with Gasteiger partial charge in [0.2, 0.25) is 5.88 Å². The van der Waals surface area contributed by atoms with Crippen LogP contribution in [0.5, 0.6) is 0 Å². The predicted octanol–water partition coefficient (Wildman–Crippen LogP) is 4.07. The van der Waals surface area contributed by atoms with E-state index in [0.717, 1.165) is 25.7 Å². The van der Waals surface area contributed by atoms with Crippen LogP contribution in [0.25, 0.3) is 0 Å². The fraction of sp³-hybridized carbons (Fsp3) is 0.435. The van der Waals surface area contributed by atoms with Gasteiger partial charge in [-0.15, -0.1) is 0 Å². The second kappa shape index (κ2) is 10.3. The highest BCUT2D eigenvalue weighted by Crippen LogP contribution is 2.28. The Kier molecular flexibility index (Phi) is 8.05. The Morgan fingerprint density at radius 3 is 2.79 bits per heavy atom. The van der Waals surface area contributed by atoms with Gasteiger partial charge in [0, 0.05) is 11.1 Å². The largest absolute Gasteiger partial charge is 0.493 e. The third kappa shape index (κ3) is 5.28. The number of nitrogens with two attached hydrogens (primary N) is 1. The van der Waals surface area contributed by atoms with Crippen LogP contribution >= 0.6 is 0 Å². The zero-order valence-electron chi connectivity index (χ0n) is 17.8. The number of hydrazine groups is 1. The minimum absolute atomic E-state index is 0.0569. The highest BCUT2D eigenvalue weighted by molar-refractivity contribution is 6.01. The third-order valence-corrected chi connectivity index (χ3v) is 5.27. The van der Waals surface area contributed by atoms with E-state index in [9.17, 15) is 10.2 Å². The van der Waals surface area contributed by atoms with Crippen LogP contribution in [0.15, 0.2) is 77.3 Å². The van der Waals surface area contributed by atoms with Gasteiger partial charge in [-0.3, -0.25) is 10.0 Å². The van der Waals surface area contributed by atoms with Crippen LogP contribution in [0.1, 0.15) is 46.5 Å². The molecule has 1 heterocycles. The first-order valence-electron chi connectivity index (χ1n) is 10.1. The molecule has 4 N–H and O–H groups in total. The van der Waals surface area contributed by atoms with Gasteiger partial charge in [-0.2, -0.15) is 5.10 Å². The molecule has 29 heavy (non-hydrogen) atoms. The number of hydrazone groups is 1. The van der Waals surface area contributed by atoms with E-state index in [1.807, 2.05) is 32.1 Å². The van der Waals surface area contributed by atoms with Crippen molar-refractivity contribution in [2.75, 3.05) is 0 Å². The SMILES string of the molecule is C=C/C=C\C(CC)N1N=C(C)/C(=C/C(C(=C)C)=C(\O)N(N)C2C=CCCC2)C1O. The van der Waals surface area contributed by atoms with E-state index in [1.54, 1.807) is 24.1 Å². The Morgan fingerprint density at radius 1 is 1.52 bits per heavy atom. The summed E-state index contributed by atoms with van der Waals surface area (Å²) in [4.78, 5) is 0. The van der Waals surface area contributed by atoms with Gasteiger partial charge >= 0.3 is 0 Å². The highest BCUT2D eigenvalue weighted by atomic mass is 16.3. The Bertz CT molecular complexity index is 776. The van der Waals surface area contributed by atoms with Gasteiger partial charge in [-0.25, -0.2) is 5.84 Å². The van der Waals surface area contributed by atoms with E-state index < -0.39 is 6.23 Å². The fourth-order valence-corrected chi connectivity index (χ4v) is 3.52. The van der Waals surface area contributed by atoms with Crippen LogP contribution in [0.3, 0.4) is 0 Å². The van der Waals surface area contributed by atoms with Gasteiger partial charge in [0.15, 0.2) is 6.23 Å². The van der Waals surface area contributed by atoms with Crippen LogP contribution < -0.4 is 5.84 Å². The zero-order valence-corrected chi connectivity index (χ0v) is 17.8. The first-order valence-corrected chi connectivity index (χ1v) is 10.1. The van der Waals surface area contributed by atoms with Crippen LogP contribution in [0.2, 0.25) is 0 Å². The van der Waals surface area contributed by atoms with E-state index in [1.165, 1.54) is 5.01 Å². The van der Waals surface area contributed by atoms with E-state index in [-0.39, 0.29) is 18.0 Å². The summed E-state index contributed by atoms with van der Waals surface area (Å²) in [5, 5.41) is 29.3. The molecule has 1 aliphatic carbocycles. The second-order valence-corrected chi connectivity index (χ2v) is 7.49. The number of hydrogen-bond donors (Lipinski definition) is 3. The van der Waals surface area contributed by atoms with Crippen LogP contribution in [-0.4, -0.2) is 44.3 Å². The molecule has 0 radical (unpaired) electrons. The number of hydrogen-bond acceptors (Lipinski definition) is 6. The number of nitrogens with zero attached hydrogens (tertiary/aromatic N) is 3. The van der Waals surface area contributed by atoms with Gasteiger partial charge in [-0.1, -0.05) is 50.5 Å². The van der Waals surface area contributed by atoms with Crippen molar-refractivity contribution in [2.24, 2.45) is 10.9 Å². The zero-order chi connectivity index (χ0) is 21.6. The van der Waals surface area contributed by atoms with Gasteiger partial charge in [0.05, 0.1) is 17.8 Å². The van der Waals surface area contributed by atoms with Crippen LogP contribution in [-0.2, 0) is 0 Å². The normalized spacial score (nSPS) is 25.2. The second-order valence-electron chi connectivity index (χ2n) is 7.49. The summed E-state index contributed by atoms with van der Waals surface area (Å²) in [6.45, 7) is 13.4. The highest BCUT2D eigenvalue weighted by Gasteiger charge is 2.32. The lowest BCUT2D eigenvalue weighted by molar-refractivity contribution is 0.0291. The maximum Gasteiger partial charge on any atom is 0.209 e. The molecule has 0 saturated heterocycles. The average Bonchev–Trinajstić information content (AvgIpc) is 2.99. The van der Waals surface area contributed by atoms with Crippen molar-refractivity contribution >= 4 is 5.71 Å². The average molecular weight is 399 g/mol. The topological polar surface area (TPSA) is 85.3 Å². The molecular formula is C23H34N4O2. The first kappa shape index (κ1) is 22.7. The van der Waals surface area contributed by atoms with Crippen molar-refractivity contribution in [3.63, 3.8) is 0 Å². The molecule has 0 amide bonds. The Hall–Kier alpha value is -2.57. The maximum absolute atomic E-state index is 10.9. The molecule has 6 nitrogen and oxygen atoms in total. The maximum atomic E-state index is 10.9. The molecule has 6 heteroatoms. The van der Waals surface area contributed by atoms with Crippen molar-refractivity contribution in [3.05, 3.63) is 72.2 Å². The molecule has 0 aromatic heterocycles. The van der Waals surface area contributed by atoms with Crippen LogP contribution in [0, 0.1) is 0 Å². The molecule has 2 rings (SSSR count). The summed E-state index contributed by atoms with van der Waals surface area (Å²) in [6, 6.07) is -0.127. The van der Waals surface area contributed by atoms with Crippen molar-refractivity contribution in [2.45, 2.75) is 64.8 Å². The minimum atomic E-state index is -0.919. The minimum Gasteiger partial charge on any atom is -0.493 e. The van der Waals surface area contributed by atoms with Crippen molar-refractivity contribution in [1.29, 1.82) is 0 Å². The number of aliphatic hydroxyl groups excluding tert-OH is 2. The first-order chi connectivity index (χ1) is 13.8. The lowest BCUT2D eigenvalue weighted by Gasteiger charge is -2.29. The number of rotatable bonds is 8. The summed E-state index contributed by atoms with van der Waals surface area (Å²) in [5.74, 6) is 6.15. The quantitative estimate of drug-likeness (QED) is 0.189. The Balaban J connectivity index is 2.37. The summed E-state index contributed by atoms with van der Waals surface area (Å²) in [7, 11) is 0. The lowest BCUT2D eigenvalue weighted by Crippen LogP contribution is -2.40. The molecule has 0 bridgehead atoms. The molecule has 0 fully saturated rings. The lowest BCUT2D eigenvalue weighted by atomic mass is 10.00. The molecule has 158 valence electrons. The monoisotopic (exact) mass is 398 g/mol. The summed E-state index contributed by atoms with van der Waals surface area (Å²) >= 11 is 0. The molecule has 1 aliphatic heterocycles. The van der Waals surface area contributed by atoms with Crippen LogP contribution in [0.4, 0.5) is 0 Å². The van der Waals surface area contributed by atoms with Gasteiger partial charge < -0.3 is 10.2 Å². The summed E-state index contributed by atoms with van der Waals surface area (Å²) in [5.41, 5.74) is 2.46. The van der Waals surface area contributed by atoms with E-state index >= 15 is 0 Å². The molecule has 0 aromatic carbocycles.